The molecule has 1 aromatic carbocycles. The smallest absolute Gasteiger partial charge is 0.321 e. The van der Waals surface area contributed by atoms with Crippen LogP contribution in [0, 0.1) is 0 Å². The van der Waals surface area contributed by atoms with E-state index in [1.807, 2.05) is 11.4 Å². The highest BCUT2D eigenvalue weighted by Gasteiger charge is 2.32. The molecule has 1 aliphatic heterocycles. The number of likely N-dealkylation sites (tertiary alicyclic amines) is 1. The second-order valence-corrected chi connectivity index (χ2v) is 6.90. The fourth-order valence-electron chi connectivity index (χ4n) is 3.11. The second kappa shape index (κ2) is 6.94. The lowest BCUT2D eigenvalue weighted by molar-refractivity contribution is -0.910. The highest BCUT2D eigenvalue weighted by Crippen LogP contribution is 2.29. The van der Waals surface area contributed by atoms with E-state index in [0.29, 0.717) is 18.3 Å². The Morgan fingerprint density at radius 3 is 2.62 bits per heavy atom. The summed E-state index contributed by atoms with van der Waals surface area (Å²) >= 11 is 1.70. The first kappa shape index (κ1) is 17.0. The zero-order chi connectivity index (χ0) is 17.2. The summed E-state index contributed by atoms with van der Waals surface area (Å²) in [6.45, 7) is 1.26. The van der Waals surface area contributed by atoms with E-state index in [0.717, 1.165) is 31.5 Å². The van der Waals surface area contributed by atoms with Gasteiger partial charge in [-0.05, 0) is 35.7 Å². The summed E-state index contributed by atoms with van der Waals surface area (Å²) in [5, 5.41) is 4.72. The van der Waals surface area contributed by atoms with E-state index in [-0.39, 0.29) is 5.91 Å². The number of benzene rings is 1. The van der Waals surface area contributed by atoms with Gasteiger partial charge in [-0.2, -0.15) is 13.2 Å². The third kappa shape index (κ3) is 3.96. The van der Waals surface area contributed by atoms with E-state index in [2.05, 4.69) is 11.4 Å². The maximum absolute atomic E-state index is 12.5. The van der Waals surface area contributed by atoms with E-state index < -0.39 is 11.7 Å². The molecule has 24 heavy (non-hydrogen) atoms. The van der Waals surface area contributed by atoms with Gasteiger partial charge in [-0.3, -0.25) is 4.79 Å². The maximum Gasteiger partial charge on any atom is 0.416 e. The molecule has 0 aliphatic carbocycles. The van der Waals surface area contributed by atoms with Gasteiger partial charge in [0.15, 0.2) is 6.54 Å². The van der Waals surface area contributed by atoms with Crippen LogP contribution in [0.5, 0.6) is 0 Å². The Balaban J connectivity index is 1.59. The van der Waals surface area contributed by atoms with Crippen LogP contribution >= 0.6 is 11.3 Å². The van der Waals surface area contributed by atoms with Crippen LogP contribution < -0.4 is 10.2 Å². The van der Waals surface area contributed by atoms with Crippen molar-refractivity contribution in [1.82, 2.24) is 0 Å². The normalized spacial score (nSPS) is 21.0. The molecule has 1 amide bonds. The molecule has 1 unspecified atom stereocenters. The summed E-state index contributed by atoms with van der Waals surface area (Å²) in [7, 11) is 0. The van der Waals surface area contributed by atoms with Crippen molar-refractivity contribution in [1.29, 1.82) is 0 Å². The summed E-state index contributed by atoms with van der Waals surface area (Å²) in [5.41, 5.74) is -0.331. The quantitative estimate of drug-likeness (QED) is 0.868. The molecule has 7 heteroatoms. The van der Waals surface area contributed by atoms with Gasteiger partial charge in [0.1, 0.15) is 6.04 Å². The minimum absolute atomic E-state index is 0.173. The van der Waals surface area contributed by atoms with E-state index >= 15 is 0 Å². The molecule has 1 aromatic heterocycles. The molecule has 1 saturated heterocycles. The topological polar surface area (TPSA) is 33.5 Å². The molecule has 0 radical (unpaired) electrons. The standard InChI is InChI=1S/C17H17F3N2OS/c18-17(19,20)12-5-7-13(8-6-12)21-16(23)11-22-9-1-3-14(22)15-4-2-10-24-15/h2,4-8,10,14H,1,3,9,11H2,(H,21,23)/p+1/t14-/m1/s1. The van der Waals surface area contributed by atoms with Crippen LogP contribution in [0.1, 0.15) is 29.3 Å². The number of nitrogens with one attached hydrogen (secondary N) is 2. The number of anilines is 1. The Morgan fingerprint density at radius 2 is 2.00 bits per heavy atom. The predicted octanol–water partition coefficient (Wildman–Crippen LogP) is 3.13. The van der Waals surface area contributed by atoms with E-state index in [1.165, 1.54) is 21.9 Å². The molecule has 2 N–H and O–H groups in total. The minimum atomic E-state index is -4.36. The molecule has 2 aromatic rings. The molecule has 0 spiro atoms. The first-order chi connectivity index (χ1) is 11.4. The minimum Gasteiger partial charge on any atom is -0.321 e. The number of halogens is 3. The number of thiophene rings is 1. The molecule has 1 fully saturated rings. The third-order valence-electron chi connectivity index (χ3n) is 4.25. The Hall–Kier alpha value is -1.86. The van der Waals surface area contributed by atoms with Gasteiger partial charge in [0.05, 0.1) is 17.0 Å². The number of carbonyl (C=O) groups excluding carboxylic acids is 1. The van der Waals surface area contributed by atoms with Gasteiger partial charge >= 0.3 is 6.18 Å². The molecule has 2 heterocycles. The number of rotatable bonds is 4. The van der Waals surface area contributed by atoms with Crippen LogP contribution in [-0.4, -0.2) is 19.0 Å². The van der Waals surface area contributed by atoms with Gasteiger partial charge < -0.3 is 10.2 Å². The molecule has 128 valence electrons. The van der Waals surface area contributed by atoms with Gasteiger partial charge in [-0.15, -0.1) is 11.3 Å². The van der Waals surface area contributed by atoms with Crippen molar-refractivity contribution >= 4 is 22.9 Å². The Morgan fingerprint density at radius 1 is 1.25 bits per heavy atom. The molecular formula is C17H18F3N2OS+. The number of quaternary nitrogens is 1. The van der Waals surface area contributed by atoms with Crippen molar-refractivity contribution in [3.63, 3.8) is 0 Å². The molecular weight excluding hydrogens is 337 g/mol. The average Bonchev–Trinajstić information content (AvgIpc) is 3.17. The zero-order valence-electron chi connectivity index (χ0n) is 12.9. The van der Waals surface area contributed by atoms with E-state index in [4.69, 9.17) is 0 Å². The summed E-state index contributed by atoms with van der Waals surface area (Å²) < 4.78 is 37.6. The molecule has 1 aliphatic rings. The van der Waals surface area contributed by atoms with Crippen molar-refractivity contribution < 1.29 is 22.9 Å². The Kier molecular flexibility index (Phi) is 4.91. The predicted molar refractivity (Wildman–Crippen MR) is 87.1 cm³/mol. The second-order valence-electron chi connectivity index (χ2n) is 5.92. The van der Waals surface area contributed by atoms with Crippen molar-refractivity contribution in [3.05, 3.63) is 52.2 Å². The Labute approximate surface area is 142 Å². The molecule has 3 rings (SSSR count). The highest BCUT2D eigenvalue weighted by molar-refractivity contribution is 7.10. The van der Waals surface area contributed by atoms with Crippen LogP contribution in [0.3, 0.4) is 0 Å². The number of hydrogen-bond donors (Lipinski definition) is 2. The van der Waals surface area contributed by atoms with Crippen molar-refractivity contribution in [3.8, 4) is 0 Å². The SMILES string of the molecule is O=C(C[NH+]1CCC[C@@H]1c1cccs1)Nc1ccc(C(F)(F)F)cc1. The Bertz CT molecular complexity index is 683. The summed E-state index contributed by atoms with van der Waals surface area (Å²) in [6.07, 6.45) is -2.23. The summed E-state index contributed by atoms with van der Waals surface area (Å²) in [6, 6.07) is 8.98. The summed E-state index contributed by atoms with van der Waals surface area (Å²) in [5.74, 6) is -0.173. The maximum atomic E-state index is 12.5. The van der Waals surface area contributed by atoms with E-state index in [1.54, 1.807) is 11.3 Å². The van der Waals surface area contributed by atoms with Crippen LogP contribution in [0.15, 0.2) is 41.8 Å². The fourth-order valence-corrected chi connectivity index (χ4v) is 4.03. The van der Waals surface area contributed by atoms with Gasteiger partial charge in [-0.25, -0.2) is 0 Å². The van der Waals surface area contributed by atoms with Crippen LogP contribution in [0.2, 0.25) is 0 Å². The highest BCUT2D eigenvalue weighted by atomic mass is 32.1. The first-order valence-electron chi connectivity index (χ1n) is 7.78. The third-order valence-corrected chi connectivity index (χ3v) is 5.24. The van der Waals surface area contributed by atoms with Gasteiger partial charge in [0, 0.05) is 18.5 Å². The number of alkyl halides is 3. The molecule has 3 nitrogen and oxygen atoms in total. The van der Waals surface area contributed by atoms with Crippen molar-refractivity contribution in [2.45, 2.75) is 25.1 Å². The fraction of sp³-hybridized carbons (Fsp3) is 0.353. The largest absolute Gasteiger partial charge is 0.416 e. The van der Waals surface area contributed by atoms with Gasteiger partial charge in [-0.1, -0.05) is 6.07 Å². The molecule has 0 bridgehead atoms. The van der Waals surface area contributed by atoms with E-state index in [9.17, 15) is 18.0 Å². The van der Waals surface area contributed by atoms with Crippen molar-refractivity contribution in [2.24, 2.45) is 0 Å². The lowest BCUT2D eigenvalue weighted by Crippen LogP contribution is -3.11. The van der Waals surface area contributed by atoms with Crippen LogP contribution in [0.4, 0.5) is 18.9 Å². The number of hydrogen-bond acceptors (Lipinski definition) is 2. The molecule has 0 saturated carbocycles. The first-order valence-corrected chi connectivity index (χ1v) is 8.66. The lowest BCUT2D eigenvalue weighted by Gasteiger charge is -2.20. The zero-order valence-corrected chi connectivity index (χ0v) is 13.7. The summed E-state index contributed by atoms with van der Waals surface area (Å²) in [4.78, 5) is 14.7. The number of amides is 1. The monoisotopic (exact) mass is 355 g/mol. The average molecular weight is 355 g/mol. The van der Waals surface area contributed by atoms with Crippen LogP contribution in [0.25, 0.3) is 0 Å². The van der Waals surface area contributed by atoms with Crippen LogP contribution in [-0.2, 0) is 11.0 Å². The van der Waals surface area contributed by atoms with Crippen molar-refractivity contribution in [2.75, 3.05) is 18.4 Å². The molecule has 2 atom stereocenters. The van der Waals surface area contributed by atoms with Gasteiger partial charge in [0.2, 0.25) is 0 Å². The van der Waals surface area contributed by atoms with Gasteiger partial charge in [0.25, 0.3) is 5.91 Å². The number of carbonyl (C=O) groups is 1. The lowest BCUT2D eigenvalue weighted by atomic mass is 10.2.